The topological polar surface area (TPSA) is 75.0 Å². The number of benzene rings is 2. The Labute approximate surface area is 161 Å². The standard InChI is InChI=1S/C21H19FN4O2/c1-13-3-8-17-15(11-13)12-18(23-17)20-24-19(25-28-20)9-10-26(2)21(27)14-4-6-16(22)7-5-14/h3-8,11-12,23H,9-10H2,1-2H3. The number of aromatic nitrogens is 3. The van der Waals surface area contributed by atoms with Gasteiger partial charge >= 0.3 is 0 Å². The zero-order valence-electron chi connectivity index (χ0n) is 15.6. The normalized spacial score (nSPS) is 11.1. The maximum absolute atomic E-state index is 13.0. The van der Waals surface area contributed by atoms with E-state index in [9.17, 15) is 9.18 Å². The van der Waals surface area contributed by atoms with Crippen LogP contribution < -0.4 is 0 Å². The highest BCUT2D eigenvalue weighted by molar-refractivity contribution is 5.94. The van der Waals surface area contributed by atoms with E-state index in [1.165, 1.54) is 29.8 Å². The fourth-order valence-electron chi connectivity index (χ4n) is 3.01. The van der Waals surface area contributed by atoms with Crippen molar-refractivity contribution >= 4 is 16.8 Å². The molecule has 0 bridgehead atoms. The molecular weight excluding hydrogens is 359 g/mol. The van der Waals surface area contributed by atoms with Gasteiger partial charge in [-0.2, -0.15) is 4.98 Å². The number of nitrogens with zero attached hydrogens (tertiary/aromatic N) is 3. The van der Waals surface area contributed by atoms with Crippen molar-refractivity contribution in [3.05, 3.63) is 71.3 Å². The average molecular weight is 378 g/mol. The minimum absolute atomic E-state index is 0.185. The molecule has 4 rings (SSSR count). The lowest BCUT2D eigenvalue weighted by Gasteiger charge is -2.16. The number of fused-ring (bicyclic) bond motifs is 1. The molecule has 6 nitrogen and oxygen atoms in total. The number of H-pyrrole nitrogens is 1. The summed E-state index contributed by atoms with van der Waals surface area (Å²) < 4.78 is 18.4. The van der Waals surface area contributed by atoms with Gasteiger partial charge in [-0.1, -0.05) is 16.8 Å². The van der Waals surface area contributed by atoms with Gasteiger partial charge in [-0.25, -0.2) is 4.39 Å². The number of likely N-dealkylation sites (N-methyl/N-ethyl adjacent to an activating group) is 1. The largest absolute Gasteiger partial charge is 0.351 e. The summed E-state index contributed by atoms with van der Waals surface area (Å²) in [6.07, 6.45) is 0.451. The van der Waals surface area contributed by atoms with Crippen LogP contribution in [0.25, 0.3) is 22.5 Å². The van der Waals surface area contributed by atoms with Crippen LogP contribution in [0, 0.1) is 12.7 Å². The van der Waals surface area contributed by atoms with Crippen LogP contribution in [0.3, 0.4) is 0 Å². The summed E-state index contributed by atoms with van der Waals surface area (Å²) in [6, 6.07) is 13.6. The Hall–Kier alpha value is -3.48. The number of carbonyl (C=O) groups excluding carboxylic acids is 1. The molecule has 1 N–H and O–H groups in total. The highest BCUT2D eigenvalue weighted by atomic mass is 19.1. The minimum Gasteiger partial charge on any atom is -0.351 e. The third kappa shape index (κ3) is 3.64. The summed E-state index contributed by atoms with van der Waals surface area (Å²) in [5.74, 6) is 0.375. The van der Waals surface area contributed by atoms with E-state index in [1.54, 1.807) is 11.9 Å². The van der Waals surface area contributed by atoms with Crippen LogP contribution in [0.5, 0.6) is 0 Å². The molecule has 0 atom stereocenters. The van der Waals surface area contributed by atoms with E-state index in [2.05, 4.69) is 21.2 Å². The van der Waals surface area contributed by atoms with Gasteiger partial charge in [-0.3, -0.25) is 4.79 Å². The van der Waals surface area contributed by atoms with Gasteiger partial charge in [0.25, 0.3) is 11.8 Å². The molecule has 1 amide bonds. The van der Waals surface area contributed by atoms with Gasteiger partial charge in [-0.15, -0.1) is 0 Å². The van der Waals surface area contributed by atoms with Gasteiger partial charge < -0.3 is 14.4 Å². The molecule has 0 unspecified atom stereocenters. The molecule has 0 spiro atoms. The number of carbonyl (C=O) groups is 1. The van der Waals surface area contributed by atoms with Gasteiger partial charge in [0.2, 0.25) is 0 Å². The SMILES string of the molecule is Cc1ccc2[nH]c(-c3nc(CCN(C)C(=O)c4ccc(F)cc4)no3)cc2c1. The molecule has 0 saturated heterocycles. The molecule has 0 aliphatic heterocycles. The van der Waals surface area contributed by atoms with Gasteiger partial charge in [0, 0.05) is 36.5 Å². The predicted octanol–water partition coefficient (Wildman–Crippen LogP) is 3.98. The van der Waals surface area contributed by atoms with E-state index in [-0.39, 0.29) is 11.7 Å². The third-order valence-corrected chi connectivity index (χ3v) is 4.58. The van der Waals surface area contributed by atoms with Gasteiger partial charge in [0.05, 0.1) is 0 Å². The van der Waals surface area contributed by atoms with E-state index in [0.717, 1.165) is 16.6 Å². The van der Waals surface area contributed by atoms with Crippen LogP contribution in [-0.2, 0) is 6.42 Å². The summed E-state index contributed by atoms with van der Waals surface area (Å²) >= 11 is 0. The van der Waals surface area contributed by atoms with Crippen molar-refractivity contribution in [3.63, 3.8) is 0 Å². The third-order valence-electron chi connectivity index (χ3n) is 4.58. The predicted molar refractivity (Wildman–Crippen MR) is 103 cm³/mol. The molecule has 2 aromatic carbocycles. The number of hydrogen-bond donors (Lipinski definition) is 1. The molecule has 0 fully saturated rings. The van der Waals surface area contributed by atoms with E-state index in [0.29, 0.717) is 30.2 Å². The second-order valence-corrected chi connectivity index (χ2v) is 6.77. The highest BCUT2D eigenvalue weighted by Gasteiger charge is 2.15. The van der Waals surface area contributed by atoms with Crippen molar-refractivity contribution in [2.75, 3.05) is 13.6 Å². The molecular formula is C21H19FN4O2. The van der Waals surface area contributed by atoms with Crippen molar-refractivity contribution in [2.45, 2.75) is 13.3 Å². The number of halogens is 1. The Bertz CT molecular complexity index is 1130. The van der Waals surface area contributed by atoms with Crippen molar-refractivity contribution in [2.24, 2.45) is 0 Å². The van der Waals surface area contributed by atoms with Gasteiger partial charge in [0.15, 0.2) is 5.82 Å². The Kier molecular flexibility index (Phi) is 4.65. The van der Waals surface area contributed by atoms with Crippen molar-refractivity contribution in [1.29, 1.82) is 0 Å². The highest BCUT2D eigenvalue weighted by Crippen LogP contribution is 2.23. The summed E-state index contributed by atoms with van der Waals surface area (Å²) in [5.41, 5.74) is 3.38. The first kappa shape index (κ1) is 17.9. The van der Waals surface area contributed by atoms with Crippen molar-refractivity contribution in [1.82, 2.24) is 20.0 Å². The minimum atomic E-state index is -0.370. The number of aromatic amines is 1. The molecule has 2 heterocycles. The molecule has 0 saturated carbocycles. The lowest BCUT2D eigenvalue weighted by molar-refractivity contribution is 0.0795. The number of rotatable bonds is 5. The average Bonchev–Trinajstić information content (AvgIpc) is 3.32. The first-order valence-corrected chi connectivity index (χ1v) is 8.93. The smallest absolute Gasteiger partial charge is 0.274 e. The molecule has 28 heavy (non-hydrogen) atoms. The van der Waals surface area contributed by atoms with E-state index in [1.807, 2.05) is 25.1 Å². The number of hydrogen-bond acceptors (Lipinski definition) is 4. The fraction of sp³-hybridized carbons (Fsp3) is 0.190. The summed E-state index contributed by atoms with van der Waals surface area (Å²) in [5, 5.41) is 5.09. The van der Waals surface area contributed by atoms with Crippen LogP contribution >= 0.6 is 0 Å². The van der Waals surface area contributed by atoms with E-state index < -0.39 is 0 Å². The lowest BCUT2D eigenvalue weighted by Crippen LogP contribution is -2.29. The number of aryl methyl sites for hydroxylation is 1. The molecule has 0 aliphatic carbocycles. The molecule has 2 aromatic heterocycles. The summed E-state index contributed by atoms with van der Waals surface area (Å²) in [4.78, 5) is 21.6. The van der Waals surface area contributed by atoms with Gasteiger partial charge in [-0.05, 0) is 49.4 Å². The van der Waals surface area contributed by atoms with Crippen LogP contribution in [0.15, 0.2) is 53.1 Å². The maximum atomic E-state index is 13.0. The maximum Gasteiger partial charge on any atom is 0.274 e. The second-order valence-electron chi connectivity index (χ2n) is 6.77. The summed E-state index contributed by atoms with van der Waals surface area (Å²) in [7, 11) is 1.69. The molecule has 0 radical (unpaired) electrons. The first-order chi connectivity index (χ1) is 13.5. The van der Waals surface area contributed by atoms with E-state index in [4.69, 9.17) is 4.52 Å². The zero-order chi connectivity index (χ0) is 19.7. The van der Waals surface area contributed by atoms with Crippen molar-refractivity contribution < 1.29 is 13.7 Å². The zero-order valence-corrected chi connectivity index (χ0v) is 15.6. The molecule has 4 aromatic rings. The van der Waals surface area contributed by atoms with Crippen LogP contribution in [0.2, 0.25) is 0 Å². The van der Waals surface area contributed by atoms with E-state index >= 15 is 0 Å². The van der Waals surface area contributed by atoms with Gasteiger partial charge in [0.1, 0.15) is 11.5 Å². The quantitative estimate of drug-likeness (QED) is 0.570. The Morgan fingerprint density at radius 2 is 1.96 bits per heavy atom. The molecule has 7 heteroatoms. The monoisotopic (exact) mass is 378 g/mol. The first-order valence-electron chi connectivity index (χ1n) is 8.93. The number of amides is 1. The van der Waals surface area contributed by atoms with Crippen LogP contribution in [0.1, 0.15) is 21.7 Å². The van der Waals surface area contributed by atoms with Crippen LogP contribution in [0.4, 0.5) is 4.39 Å². The van der Waals surface area contributed by atoms with Crippen molar-refractivity contribution in [3.8, 4) is 11.6 Å². The van der Waals surface area contributed by atoms with Crippen LogP contribution in [-0.4, -0.2) is 39.5 Å². The Balaban J connectivity index is 1.42. The molecule has 142 valence electrons. The molecule has 0 aliphatic rings. The Morgan fingerprint density at radius 3 is 2.75 bits per heavy atom. The Morgan fingerprint density at radius 1 is 1.18 bits per heavy atom. The second kappa shape index (κ2) is 7.26. The fourth-order valence-corrected chi connectivity index (χ4v) is 3.01. The number of nitrogens with one attached hydrogen (secondary N) is 1. The lowest BCUT2D eigenvalue weighted by atomic mass is 10.2. The summed E-state index contributed by atoms with van der Waals surface area (Å²) in [6.45, 7) is 2.46.